The Hall–Kier alpha value is -1.55. The number of nitrogens with two attached hydrogens (primary N) is 1. The summed E-state index contributed by atoms with van der Waals surface area (Å²) in [7, 11) is 0. The molecule has 1 aromatic rings. The Morgan fingerprint density at radius 3 is 2.95 bits per heavy atom. The summed E-state index contributed by atoms with van der Waals surface area (Å²) in [6.45, 7) is 3.13. The second kappa shape index (κ2) is 7.29. The Morgan fingerprint density at radius 1 is 1.40 bits per heavy atom. The molecule has 0 heterocycles. The van der Waals surface area contributed by atoms with Crippen molar-refractivity contribution in [3.8, 4) is 5.75 Å². The first-order valence-corrected chi connectivity index (χ1v) is 7.45. The molecule has 0 saturated heterocycles. The van der Waals surface area contributed by atoms with Crippen molar-refractivity contribution < 1.29 is 9.53 Å². The van der Waals surface area contributed by atoms with Crippen LogP contribution < -0.4 is 15.8 Å². The lowest BCUT2D eigenvalue weighted by atomic mass is 9.84. The van der Waals surface area contributed by atoms with E-state index in [-0.39, 0.29) is 17.9 Å². The van der Waals surface area contributed by atoms with Gasteiger partial charge in [0.05, 0.1) is 12.5 Å². The number of carbonyl (C=O) groups is 1. The van der Waals surface area contributed by atoms with E-state index in [1.54, 1.807) is 0 Å². The maximum atomic E-state index is 12.2. The van der Waals surface area contributed by atoms with Crippen molar-refractivity contribution in [1.82, 2.24) is 5.32 Å². The van der Waals surface area contributed by atoms with Gasteiger partial charge in [-0.3, -0.25) is 4.79 Å². The zero-order valence-corrected chi connectivity index (χ0v) is 12.1. The van der Waals surface area contributed by atoms with Crippen LogP contribution in [-0.2, 0) is 11.3 Å². The first kappa shape index (κ1) is 14.9. The van der Waals surface area contributed by atoms with E-state index in [2.05, 4.69) is 5.32 Å². The Kier molecular flexibility index (Phi) is 5.41. The van der Waals surface area contributed by atoms with Gasteiger partial charge in [-0.1, -0.05) is 25.0 Å². The summed E-state index contributed by atoms with van der Waals surface area (Å²) >= 11 is 0. The van der Waals surface area contributed by atoms with E-state index >= 15 is 0 Å². The van der Waals surface area contributed by atoms with Gasteiger partial charge in [0, 0.05) is 12.6 Å². The highest BCUT2D eigenvalue weighted by Crippen LogP contribution is 2.23. The minimum Gasteiger partial charge on any atom is -0.494 e. The normalized spacial score (nSPS) is 22.3. The predicted octanol–water partition coefficient (Wildman–Crippen LogP) is 2.22. The van der Waals surface area contributed by atoms with Crippen LogP contribution in [0.3, 0.4) is 0 Å². The van der Waals surface area contributed by atoms with Gasteiger partial charge >= 0.3 is 0 Å². The third-order valence-electron chi connectivity index (χ3n) is 3.83. The summed E-state index contributed by atoms with van der Waals surface area (Å²) in [5.41, 5.74) is 7.08. The van der Waals surface area contributed by atoms with Crippen LogP contribution in [0.25, 0.3) is 0 Å². The molecule has 4 nitrogen and oxygen atoms in total. The summed E-state index contributed by atoms with van der Waals surface area (Å²) in [6.07, 6.45) is 4.11. The molecule has 0 aromatic heterocycles. The molecule has 1 fully saturated rings. The van der Waals surface area contributed by atoms with Gasteiger partial charge in [0.25, 0.3) is 0 Å². The Morgan fingerprint density at radius 2 is 2.20 bits per heavy atom. The lowest BCUT2D eigenvalue weighted by Crippen LogP contribution is -2.43. The van der Waals surface area contributed by atoms with Crippen LogP contribution in [0.5, 0.6) is 5.75 Å². The van der Waals surface area contributed by atoms with E-state index in [1.807, 2.05) is 31.2 Å². The van der Waals surface area contributed by atoms with Gasteiger partial charge in [-0.2, -0.15) is 0 Å². The number of benzene rings is 1. The number of rotatable bonds is 5. The standard InChI is InChI=1S/C16H24N2O2/c1-2-20-13-7-5-6-12(10-13)11-18-16(19)14-8-3-4-9-15(14)17/h5-7,10,14-15H,2-4,8-9,11,17H2,1H3,(H,18,19). The first-order valence-electron chi connectivity index (χ1n) is 7.45. The van der Waals surface area contributed by atoms with Gasteiger partial charge in [-0.25, -0.2) is 0 Å². The number of carbonyl (C=O) groups excluding carboxylic acids is 1. The van der Waals surface area contributed by atoms with E-state index in [1.165, 1.54) is 0 Å². The highest BCUT2D eigenvalue weighted by molar-refractivity contribution is 5.79. The Bertz CT molecular complexity index is 448. The summed E-state index contributed by atoms with van der Waals surface area (Å²) in [5.74, 6) is 0.895. The molecule has 0 bridgehead atoms. The van der Waals surface area contributed by atoms with Gasteiger partial charge < -0.3 is 15.8 Å². The zero-order valence-electron chi connectivity index (χ0n) is 12.1. The van der Waals surface area contributed by atoms with Crippen molar-refractivity contribution in [2.45, 2.75) is 45.2 Å². The molecule has 20 heavy (non-hydrogen) atoms. The molecule has 2 rings (SSSR count). The molecule has 1 aliphatic rings. The topological polar surface area (TPSA) is 64.3 Å². The molecule has 0 radical (unpaired) electrons. The van der Waals surface area contributed by atoms with Crippen LogP contribution in [0.4, 0.5) is 0 Å². The summed E-state index contributed by atoms with van der Waals surface area (Å²) < 4.78 is 5.45. The molecule has 2 unspecified atom stereocenters. The van der Waals surface area contributed by atoms with Gasteiger partial charge in [-0.15, -0.1) is 0 Å². The molecule has 110 valence electrons. The molecule has 3 N–H and O–H groups in total. The van der Waals surface area contributed by atoms with Gasteiger partial charge in [0.2, 0.25) is 5.91 Å². The van der Waals surface area contributed by atoms with Crippen LogP contribution in [-0.4, -0.2) is 18.6 Å². The minimum absolute atomic E-state index is 0.0125. The SMILES string of the molecule is CCOc1cccc(CNC(=O)C2CCCCC2N)c1. The van der Waals surface area contributed by atoms with Gasteiger partial charge in [0.1, 0.15) is 5.75 Å². The minimum atomic E-state index is -0.0289. The number of hydrogen-bond donors (Lipinski definition) is 2. The molecule has 1 aromatic carbocycles. The van der Waals surface area contributed by atoms with E-state index in [0.29, 0.717) is 13.2 Å². The summed E-state index contributed by atoms with van der Waals surface area (Å²) in [6, 6.07) is 7.83. The Labute approximate surface area is 120 Å². The van der Waals surface area contributed by atoms with Crippen molar-refractivity contribution in [3.63, 3.8) is 0 Å². The van der Waals surface area contributed by atoms with Crippen molar-refractivity contribution >= 4 is 5.91 Å². The van der Waals surface area contributed by atoms with Gasteiger partial charge in [0.15, 0.2) is 0 Å². The molecule has 0 aliphatic heterocycles. The summed E-state index contributed by atoms with van der Waals surface area (Å²) in [4.78, 5) is 12.2. The lowest BCUT2D eigenvalue weighted by molar-refractivity contribution is -0.126. The van der Waals surface area contributed by atoms with Crippen molar-refractivity contribution in [2.75, 3.05) is 6.61 Å². The fraction of sp³-hybridized carbons (Fsp3) is 0.562. The Balaban J connectivity index is 1.87. The lowest BCUT2D eigenvalue weighted by Gasteiger charge is -2.27. The van der Waals surface area contributed by atoms with E-state index in [4.69, 9.17) is 10.5 Å². The molecular formula is C16H24N2O2. The average Bonchev–Trinajstić information content (AvgIpc) is 2.46. The van der Waals surface area contributed by atoms with Crippen LogP contribution in [0.2, 0.25) is 0 Å². The fourth-order valence-electron chi connectivity index (χ4n) is 2.72. The fourth-order valence-corrected chi connectivity index (χ4v) is 2.72. The van der Waals surface area contributed by atoms with E-state index < -0.39 is 0 Å². The van der Waals surface area contributed by atoms with Crippen LogP contribution in [0.1, 0.15) is 38.2 Å². The molecule has 2 atom stereocenters. The smallest absolute Gasteiger partial charge is 0.224 e. The third-order valence-corrected chi connectivity index (χ3v) is 3.83. The quantitative estimate of drug-likeness (QED) is 0.866. The monoisotopic (exact) mass is 276 g/mol. The number of amides is 1. The second-order valence-corrected chi connectivity index (χ2v) is 5.35. The van der Waals surface area contributed by atoms with Crippen LogP contribution >= 0.6 is 0 Å². The van der Waals surface area contributed by atoms with Crippen LogP contribution in [0.15, 0.2) is 24.3 Å². The zero-order chi connectivity index (χ0) is 14.4. The van der Waals surface area contributed by atoms with Gasteiger partial charge in [-0.05, 0) is 37.5 Å². The number of nitrogens with one attached hydrogen (secondary N) is 1. The number of hydrogen-bond acceptors (Lipinski definition) is 3. The summed E-state index contributed by atoms with van der Waals surface area (Å²) in [5, 5.41) is 2.99. The van der Waals surface area contributed by atoms with Crippen LogP contribution in [0, 0.1) is 5.92 Å². The first-order chi connectivity index (χ1) is 9.70. The predicted molar refractivity (Wildman–Crippen MR) is 79.4 cm³/mol. The largest absolute Gasteiger partial charge is 0.494 e. The molecule has 0 spiro atoms. The number of ether oxygens (including phenoxy) is 1. The second-order valence-electron chi connectivity index (χ2n) is 5.35. The molecule has 4 heteroatoms. The average molecular weight is 276 g/mol. The van der Waals surface area contributed by atoms with Crippen molar-refractivity contribution in [3.05, 3.63) is 29.8 Å². The highest BCUT2D eigenvalue weighted by Gasteiger charge is 2.27. The molecule has 1 aliphatic carbocycles. The highest BCUT2D eigenvalue weighted by atomic mass is 16.5. The van der Waals surface area contributed by atoms with Crippen molar-refractivity contribution in [2.24, 2.45) is 11.7 Å². The molecular weight excluding hydrogens is 252 g/mol. The van der Waals surface area contributed by atoms with E-state index in [0.717, 1.165) is 37.0 Å². The third kappa shape index (κ3) is 3.97. The maximum absolute atomic E-state index is 12.2. The molecule has 1 saturated carbocycles. The molecule has 1 amide bonds. The maximum Gasteiger partial charge on any atom is 0.224 e. The van der Waals surface area contributed by atoms with Crippen molar-refractivity contribution in [1.29, 1.82) is 0 Å². The van der Waals surface area contributed by atoms with E-state index in [9.17, 15) is 4.79 Å².